The number of piperazine rings is 1. The Morgan fingerprint density at radius 1 is 1.11 bits per heavy atom. The lowest BCUT2D eigenvalue weighted by atomic mass is 9.87. The van der Waals surface area contributed by atoms with Gasteiger partial charge in [-0.3, -0.25) is 9.59 Å². The fourth-order valence-corrected chi connectivity index (χ4v) is 4.96. The van der Waals surface area contributed by atoms with Crippen LogP contribution in [0.1, 0.15) is 39.2 Å². The smallest absolute Gasteiger partial charge is 0.305 e. The van der Waals surface area contributed by atoms with E-state index in [9.17, 15) is 9.59 Å². The van der Waals surface area contributed by atoms with Crippen LogP contribution < -0.4 is 4.90 Å². The van der Waals surface area contributed by atoms with Gasteiger partial charge in [-0.25, -0.2) is 0 Å². The number of hydrogen-bond acceptors (Lipinski definition) is 4. The maximum absolute atomic E-state index is 12.2. The van der Waals surface area contributed by atoms with Crippen molar-refractivity contribution in [3.05, 3.63) is 29.8 Å². The van der Waals surface area contributed by atoms with E-state index >= 15 is 0 Å². The number of anilines is 1. The third-order valence-electron chi connectivity index (χ3n) is 6.44. The predicted molar refractivity (Wildman–Crippen MR) is 111 cm³/mol. The van der Waals surface area contributed by atoms with Gasteiger partial charge in [0.25, 0.3) is 0 Å². The Bertz CT molecular complexity index is 662. The molecule has 2 aliphatic rings. The van der Waals surface area contributed by atoms with Gasteiger partial charge in [-0.2, -0.15) is 0 Å². The van der Waals surface area contributed by atoms with E-state index < -0.39 is 0 Å². The summed E-state index contributed by atoms with van der Waals surface area (Å²) in [6.07, 6.45) is 2.22. The molecule has 2 unspecified atom stereocenters. The number of ether oxygens (including phenoxy) is 1. The third-order valence-corrected chi connectivity index (χ3v) is 6.44. The number of hydrogen-bond donors (Lipinski definition) is 0. The van der Waals surface area contributed by atoms with Gasteiger partial charge in [-0.1, -0.05) is 26.0 Å². The number of carbonyl (C=O) groups excluding carboxylic acids is 2. The first-order valence-electron chi connectivity index (χ1n) is 10.8. The van der Waals surface area contributed by atoms with Crippen molar-refractivity contribution in [2.75, 3.05) is 50.8 Å². The van der Waals surface area contributed by atoms with Gasteiger partial charge >= 0.3 is 5.97 Å². The zero-order chi connectivity index (χ0) is 20.1. The molecule has 0 aliphatic carbocycles. The predicted octanol–water partition coefficient (Wildman–Crippen LogP) is 3.06. The van der Waals surface area contributed by atoms with Gasteiger partial charge in [-0.05, 0) is 37.5 Å². The van der Waals surface area contributed by atoms with Crippen LogP contribution in [0.25, 0.3) is 0 Å². The van der Waals surface area contributed by atoms with Crippen LogP contribution in [0, 0.1) is 11.8 Å². The van der Waals surface area contributed by atoms with Crippen LogP contribution in [0.15, 0.2) is 24.3 Å². The minimum Gasteiger partial charge on any atom is -0.466 e. The fraction of sp³-hybridized carbons (Fsp3) is 0.652. The van der Waals surface area contributed by atoms with Gasteiger partial charge in [0.05, 0.1) is 57.7 Å². The maximum Gasteiger partial charge on any atom is 0.305 e. The van der Waals surface area contributed by atoms with Crippen molar-refractivity contribution >= 4 is 17.4 Å². The van der Waals surface area contributed by atoms with E-state index in [1.807, 2.05) is 6.92 Å². The SMILES string of the molecule is CCOC(=O)CCCc1ccc(N2CC[N+]3(CC2)CC(C)C(=O)C(C)C3)cc1. The average molecular weight is 388 g/mol. The molecular weight excluding hydrogens is 352 g/mol. The Balaban J connectivity index is 1.49. The molecule has 1 aromatic carbocycles. The van der Waals surface area contributed by atoms with E-state index in [2.05, 4.69) is 43.0 Å². The van der Waals surface area contributed by atoms with Crippen molar-refractivity contribution in [1.82, 2.24) is 0 Å². The number of ketones is 1. The molecule has 2 saturated heterocycles. The van der Waals surface area contributed by atoms with Gasteiger partial charge in [0.1, 0.15) is 5.78 Å². The molecule has 2 aliphatic heterocycles. The zero-order valence-corrected chi connectivity index (χ0v) is 17.7. The van der Waals surface area contributed by atoms with Crippen molar-refractivity contribution in [2.24, 2.45) is 11.8 Å². The van der Waals surface area contributed by atoms with E-state index in [1.165, 1.54) is 11.3 Å². The minimum absolute atomic E-state index is 0.104. The van der Waals surface area contributed by atoms with Crippen molar-refractivity contribution in [3.63, 3.8) is 0 Å². The summed E-state index contributed by atoms with van der Waals surface area (Å²) in [5.41, 5.74) is 2.55. The molecule has 1 spiro atoms. The number of quaternary nitrogens is 1. The molecule has 0 N–H and O–H groups in total. The molecule has 154 valence electrons. The summed E-state index contributed by atoms with van der Waals surface area (Å²) in [7, 11) is 0. The van der Waals surface area contributed by atoms with Crippen molar-refractivity contribution < 1.29 is 18.8 Å². The van der Waals surface area contributed by atoms with Crippen LogP contribution in [-0.4, -0.2) is 62.1 Å². The molecule has 0 bridgehead atoms. The van der Waals surface area contributed by atoms with Crippen LogP contribution in [0.3, 0.4) is 0 Å². The summed E-state index contributed by atoms with van der Waals surface area (Å²) in [5, 5.41) is 0. The normalized spacial score (nSPS) is 24.4. The lowest BCUT2D eigenvalue weighted by Crippen LogP contribution is -2.66. The highest BCUT2D eigenvalue weighted by Gasteiger charge is 2.43. The first-order valence-corrected chi connectivity index (χ1v) is 10.8. The first-order chi connectivity index (χ1) is 13.4. The Labute approximate surface area is 169 Å². The topological polar surface area (TPSA) is 46.6 Å². The van der Waals surface area contributed by atoms with Crippen molar-refractivity contribution in [3.8, 4) is 0 Å². The van der Waals surface area contributed by atoms with E-state index in [0.29, 0.717) is 18.8 Å². The largest absolute Gasteiger partial charge is 0.466 e. The fourth-order valence-electron chi connectivity index (χ4n) is 4.96. The van der Waals surface area contributed by atoms with Crippen LogP contribution in [0.4, 0.5) is 5.69 Å². The highest BCUT2D eigenvalue weighted by molar-refractivity contribution is 5.83. The minimum atomic E-state index is -0.104. The average Bonchev–Trinajstić information content (AvgIpc) is 2.68. The summed E-state index contributed by atoms with van der Waals surface area (Å²) in [5.74, 6) is 0.741. The van der Waals surface area contributed by atoms with E-state index in [-0.39, 0.29) is 17.8 Å². The summed E-state index contributed by atoms with van der Waals surface area (Å²) in [6, 6.07) is 8.78. The van der Waals surface area contributed by atoms with Crippen LogP contribution in [0.2, 0.25) is 0 Å². The van der Waals surface area contributed by atoms with Gasteiger partial charge in [0, 0.05) is 12.1 Å². The molecule has 1 aromatic rings. The molecule has 2 atom stereocenters. The number of nitrogens with zero attached hydrogens (tertiary/aromatic N) is 2. The molecule has 0 amide bonds. The standard InChI is InChI=1S/C23H35N2O3/c1-4-28-22(26)7-5-6-20-8-10-21(11-9-20)24-12-14-25(15-13-24)16-18(2)23(27)19(3)17-25/h8-11,18-19H,4-7,12-17H2,1-3H3/q+1. The van der Waals surface area contributed by atoms with Crippen LogP contribution >= 0.6 is 0 Å². The molecule has 0 radical (unpaired) electrons. The van der Waals surface area contributed by atoms with Crippen molar-refractivity contribution in [2.45, 2.75) is 40.0 Å². The number of benzene rings is 1. The second-order valence-corrected chi connectivity index (χ2v) is 8.67. The second kappa shape index (κ2) is 9.08. The number of rotatable bonds is 6. The van der Waals surface area contributed by atoms with Gasteiger partial charge in [-0.15, -0.1) is 0 Å². The number of carbonyl (C=O) groups is 2. The summed E-state index contributed by atoms with van der Waals surface area (Å²) < 4.78 is 6.09. The number of aryl methyl sites for hydroxylation is 1. The summed E-state index contributed by atoms with van der Waals surface area (Å²) in [6.45, 7) is 12.9. The molecule has 2 fully saturated rings. The van der Waals surface area contributed by atoms with Gasteiger partial charge < -0.3 is 14.1 Å². The lowest BCUT2D eigenvalue weighted by molar-refractivity contribution is -0.935. The van der Waals surface area contributed by atoms with Gasteiger partial charge in [0.15, 0.2) is 0 Å². The highest BCUT2D eigenvalue weighted by Crippen LogP contribution is 2.28. The monoisotopic (exact) mass is 387 g/mol. The molecule has 2 heterocycles. The van der Waals surface area contributed by atoms with Gasteiger partial charge in [0.2, 0.25) is 0 Å². The maximum atomic E-state index is 12.2. The summed E-state index contributed by atoms with van der Waals surface area (Å²) >= 11 is 0. The Hall–Kier alpha value is -1.88. The number of piperidine rings is 1. The number of Topliss-reactive ketones (excluding diaryl/α,β-unsaturated/α-hetero) is 1. The molecule has 3 rings (SSSR count). The Morgan fingerprint density at radius 3 is 2.29 bits per heavy atom. The first kappa shape index (κ1) is 20.8. The molecule has 5 heteroatoms. The zero-order valence-electron chi connectivity index (χ0n) is 17.7. The Morgan fingerprint density at radius 2 is 1.71 bits per heavy atom. The quantitative estimate of drug-likeness (QED) is 0.556. The molecule has 0 aromatic heterocycles. The van der Waals surface area contributed by atoms with Crippen LogP contribution in [-0.2, 0) is 20.7 Å². The van der Waals surface area contributed by atoms with E-state index in [0.717, 1.165) is 56.6 Å². The van der Waals surface area contributed by atoms with Crippen molar-refractivity contribution in [1.29, 1.82) is 0 Å². The molecule has 0 saturated carbocycles. The summed E-state index contributed by atoms with van der Waals surface area (Å²) in [4.78, 5) is 26.1. The second-order valence-electron chi connectivity index (χ2n) is 8.67. The molecular formula is C23H35N2O3+. The van der Waals surface area contributed by atoms with E-state index in [1.54, 1.807) is 0 Å². The van der Waals surface area contributed by atoms with Crippen LogP contribution in [0.5, 0.6) is 0 Å². The third kappa shape index (κ3) is 4.93. The Kier molecular flexibility index (Phi) is 6.76. The number of esters is 1. The highest BCUT2D eigenvalue weighted by atomic mass is 16.5. The van der Waals surface area contributed by atoms with E-state index in [4.69, 9.17) is 4.74 Å². The molecule has 5 nitrogen and oxygen atoms in total. The molecule has 28 heavy (non-hydrogen) atoms. The lowest BCUT2D eigenvalue weighted by Gasteiger charge is -2.50.